The predicted octanol–water partition coefficient (Wildman–Crippen LogP) is 2.28. The molecule has 0 spiro atoms. The minimum Gasteiger partial charge on any atom is -0.450 e. The van der Waals surface area contributed by atoms with Gasteiger partial charge in [0.1, 0.15) is 11.3 Å². The monoisotopic (exact) mass is 447 g/mol. The van der Waals surface area contributed by atoms with Gasteiger partial charge in [0.05, 0.1) is 12.3 Å². The summed E-state index contributed by atoms with van der Waals surface area (Å²) < 4.78 is 8.74. The molecule has 2 amide bonds. The van der Waals surface area contributed by atoms with Crippen molar-refractivity contribution < 1.29 is 14.3 Å². The number of hydrogen-bond acceptors (Lipinski definition) is 6. The van der Waals surface area contributed by atoms with Crippen molar-refractivity contribution in [3.05, 3.63) is 54.6 Å². The summed E-state index contributed by atoms with van der Waals surface area (Å²) in [5.41, 5.74) is 3.47. The summed E-state index contributed by atoms with van der Waals surface area (Å²) in [7, 11) is 0. The van der Waals surface area contributed by atoms with Crippen molar-refractivity contribution in [1.29, 1.82) is 0 Å². The van der Waals surface area contributed by atoms with Crippen LogP contribution in [0.15, 0.2) is 48.8 Å². The van der Waals surface area contributed by atoms with Gasteiger partial charge in [-0.2, -0.15) is 5.10 Å². The van der Waals surface area contributed by atoms with E-state index in [0.29, 0.717) is 51.3 Å². The largest absolute Gasteiger partial charge is 0.450 e. The van der Waals surface area contributed by atoms with E-state index in [9.17, 15) is 9.59 Å². The Hall–Kier alpha value is -3.95. The van der Waals surface area contributed by atoms with Gasteiger partial charge in [0.15, 0.2) is 5.65 Å². The quantitative estimate of drug-likeness (QED) is 0.466. The molecule has 1 saturated heterocycles. The number of rotatable bonds is 5. The Bertz CT molecular complexity index is 1290. The fourth-order valence-corrected chi connectivity index (χ4v) is 4.11. The van der Waals surface area contributed by atoms with Gasteiger partial charge in [-0.05, 0) is 13.0 Å². The van der Waals surface area contributed by atoms with E-state index in [1.165, 1.54) is 0 Å². The molecule has 1 aliphatic heterocycles. The van der Waals surface area contributed by atoms with E-state index in [1.807, 2.05) is 53.2 Å². The number of carbonyl (C=O) groups excluding carboxylic acids is 2. The van der Waals surface area contributed by atoms with Gasteiger partial charge >= 0.3 is 6.09 Å². The Morgan fingerprint density at radius 3 is 2.52 bits per heavy atom. The van der Waals surface area contributed by atoms with Crippen molar-refractivity contribution >= 4 is 23.2 Å². The van der Waals surface area contributed by atoms with Crippen molar-refractivity contribution in [3.8, 4) is 11.3 Å². The topological polar surface area (TPSA) is 97.3 Å². The Morgan fingerprint density at radius 1 is 1.00 bits per heavy atom. The number of nitrogens with zero attached hydrogens (tertiary/aromatic N) is 7. The molecule has 33 heavy (non-hydrogen) atoms. The van der Waals surface area contributed by atoms with Crippen LogP contribution in [0.4, 0.5) is 4.79 Å². The summed E-state index contributed by atoms with van der Waals surface area (Å²) in [6, 6.07) is 12.0. The molecule has 1 aliphatic rings. The van der Waals surface area contributed by atoms with Gasteiger partial charge in [0, 0.05) is 57.0 Å². The molecule has 3 aromatic heterocycles. The summed E-state index contributed by atoms with van der Waals surface area (Å²) >= 11 is 0. The van der Waals surface area contributed by atoms with Gasteiger partial charge in [-0.25, -0.2) is 9.31 Å². The first-order chi connectivity index (χ1) is 16.1. The first kappa shape index (κ1) is 20.9. The van der Waals surface area contributed by atoms with Crippen molar-refractivity contribution in [1.82, 2.24) is 34.0 Å². The van der Waals surface area contributed by atoms with Gasteiger partial charge in [0.2, 0.25) is 5.91 Å². The number of carbonyl (C=O) groups is 2. The second kappa shape index (κ2) is 8.89. The standard InChI is InChI=1S/C23H25N7O3/c1-2-33-23(32)28-12-10-27(11-13-28)21(31)9-8-20-24-25-22-19-16-18(17-6-4-3-5-7-17)26-30(19)15-14-29(20)22/h3-7,14-16H,2,8-13H2,1H3. The molecular formula is C23H25N7O3. The number of ether oxygens (including phenoxy) is 1. The molecule has 1 fully saturated rings. The van der Waals surface area contributed by atoms with E-state index in [0.717, 1.165) is 22.6 Å². The van der Waals surface area contributed by atoms with Gasteiger partial charge in [0.25, 0.3) is 0 Å². The minimum absolute atomic E-state index is 0.0482. The summed E-state index contributed by atoms with van der Waals surface area (Å²) in [6.45, 7) is 4.13. The zero-order valence-corrected chi connectivity index (χ0v) is 18.4. The van der Waals surface area contributed by atoms with Crippen molar-refractivity contribution in [2.24, 2.45) is 0 Å². The van der Waals surface area contributed by atoms with Crippen LogP contribution in [-0.4, -0.2) is 78.8 Å². The molecular weight excluding hydrogens is 422 g/mol. The summed E-state index contributed by atoms with van der Waals surface area (Å²) in [5, 5.41) is 13.3. The number of benzene rings is 1. The molecule has 0 saturated carbocycles. The van der Waals surface area contributed by atoms with E-state index in [-0.39, 0.29) is 12.0 Å². The maximum atomic E-state index is 12.7. The molecule has 0 unspecified atom stereocenters. The number of fused-ring (bicyclic) bond motifs is 3. The fraction of sp³-hybridized carbons (Fsp3) is 0.348. The molecule has 4 aromatic rings. The van der Waals surface area contributed by atoms with Crippen LogP contribution in [0.2, 0.25) is 0 Å². The maximum absolute atomic E-state index is 12.7. The van der Waals surface area contributed by atoms with Crippen LogP contribution in [0.5, 0.6) is 0 Å². The van der Waals surface area contributed by atoms with E-state index >= 15 is 0 Å². The lowest BCUT2D eigenvalue weighted by Gasteiger charge is -2.34. The highest BCUT2D eigenvalue weighted by Crippen LogP contribution is 2.22. The highest BCUT2D eigenvalue weighted by atomic mass is 16.6. The van der Waals surface area contributed by atoms with E-state index in [2.05, 4.69) is 15.3 Å². The molecule has 5 rings (SSSR count). The second-order valence-corrected chi connectivity index (χ2v) is 7.90. The predicted molar refractivity (Wildman–Crippen MR) is 121 cm³/mol. The maximum Gasteiger partial charge on any atom is 0.409 e. The van der Waals surface area contributed by atoms with Crippen LogP contribution in [0.25, 0.3) is 22.4 Å². The Kier molecular flexibility index (Phi) is 5.64. The molecule has 1 aromatic carbocycles. The second-order valence-electron chi connectivity index (χ2n) is 7.90. The lowest BCUT2D eigenvalue weighted by atomic mass is 10.1. The van der Waals surface area contributed by atoms with Crippen LogP contribution < -0.4 is 0 Å². The van der Waals surface area contributed by atoms with Gasteiger partial charge in [-0.1, -0.05) is 30.3 Å². The summed E-state index contributed by atoms with van der Waals surface area (Å²) in [4.78, 5) is 28.0. The van der Waals surface area contributed by atoms with Crippen LogP contribution in [0, 0.1) is 0 Å². The average Bonchev–Trinajstić information content (AvgIpc) is 3.47. The Balaban J connectivity index is 1.26. The number of piperazine rings is 1. The number of aryl methyl sites for hydroxylation is 1. The smallest absolute Gasteiger partial charge is 0.409 e. The molecule has 0 aliphatic carbocycles. The van der Waals surface area contributed by atoms with E-state index < -0.39 is 0 Å². The minimum atomic E-state index is -0.318. The number of amides is 2. The van der Waals surface area contributed by atoms with Gasteiger partial charge in [-0.15, -0.1) is 10.2 Å². The Morgan fingerprint density at radius 2 is 1.76 bits per heavy atom. The first-order valence-corrected chi connectivity index (χ1v) is 11.1. The van der Waals surface area contributed by atoms with Crippen LogP contribution in [0.1, 0.15) is 19.2 Å². The van der Waals surface area contributed by atoms with E-state index in [1.54, 1.807) is 21.2 Å². The normalized spacial score (nSPS) is 14.2. The van der Waals surface area contributed by atoms with Crippen molar-refractivity contribution in [2.45, 2.75) is 19.8 Å². The lowest BCUT2D eigenvalue weighted by molar-refractivity contribution is -0.132. The summed E-state index contributed by atoms with van der Waals surface area (Å²) in [6.07, 6.45) is 4.25. The average molecular weight is 447 g/mol. The van der Waals surface area contributed by atoms with Gasteiger partial charge < -0.3 is 14.5 Å². The van der Waals surface area contributed by atoms with Crippen LogP contribution in [0.3, 0.4) is 0 Å². The SMILES string of the molecule is CCOC(=O)N1CCN(C(=O)CCc2nnc3c4cc(-c5ccccc5)nn4ccn23)CC1. The Labute approximate surface area is 190 Å². The van der Waals surface area contributed by atoms with E-state index in [4.69, 9.17) is 4.74 Å². The lowest BCUT2D eigenvalue weighted by Crippen LogP contribution is -2.50. The number of aromatic nitrogens is 5. The third kappa shape index (κ3) is 4.11. The highest BCUT2D eigenvalue weighted by molar-refractivity contribution is 5.78. The molecule has 170 valence electrons. The zero-order valence-electron chi connectivity index (χ0n) is 18.4. The fourth-order valence-electron chi connectivity index (χ4n) is 4.11. The molecule has 0 radical (unpaired) electrons. The molecule has 4 heterocycles. The summed E-state index contributed by atoms with van der Waals surface area (Å²) in [5.74, 6) is 0.778. The third-order valence-corrected chi connectivity index (χ3v) is 5.88. The van der Waals surface area contributed by atoms with Crippen molar-refractivity contribution in [3.63, 3.8) is 0 Å². The molecule has 0 N–H and O–H groups in total. The molecule has 0 atom stereocenters. The van der Waals surface area contributed by atoms with Gasteiger partial charge in [-0.3, -0.25) is 9.20 Å². The van der Waals surface area contributed by atoms with Crippen LogP contribution >= 0.6 is 0 Å². The van der Waals surface area contributed by atoms with Crippen LogP contribution in [-0.2, 0) is 16.0 Å². The molecule has 0 bridgehead atoms. The molecule has 10 nitrogen and oxygen atoms in total. The first-order valence-electron chi connectivity index (χ1n) is 11.1. The zero-order chi connectivity index (χ0) is 22.8. The van der Waals surface area contributed by atoms with Crippen molar-refractivity contribution in [2.75, 3.05) is 32.8 Å². The third-order valence-electron chi connectivity index (χ3n) is 5.88. The number of hydrogen-bond donors (Lipinski definition) is 0. The highest BCUT2D eigenvalue weighted by Gasteiger charge is 2.25. The molecule has 10 heteroatoms.